The molecule has 1 spiro atoms. The number of fused-ring (bicyclic) bond motifs is 2. The quantitative estimate of drug-likeness (QED) is 0.516. The van der Waals surface area contributed by atoms with Crippen LogP contribution in [0, 0.1) is 0 Å². The van der Waals surface area contributed by atoms with Crippen LogP contribution < -0.4 is 4.90 Å². The molecule has 0 atom stereocenters. The van der Waals surface area contributed by atoms with Crippen LogP contribution in [0.1, 0.15) is 41.6 Å². The van der Waals surface area contributed by atoms with Gasteiger partial charge < -0.3 is 14.5 Å². The number of ketones is 1. The fourth-order valence-electron chi connectivity index (χ4n) is 4.72. The number of anilines is 1. The topological polar surface area (TPSA) is 84.0 Å². The fourth-order valence-corrected chi connectivity index (χ4v) is 4.72. The van der Waals surface area contributed by atoms with Crippen LogP contribution in [-0.2, 0) is 24.5 Å². The van der Waals surface area contributed by atoms with Crippen LogP contribution in [0.3, 0.4) is 0 Å². The van der Waals surface area contributed by atoms with Crippen LogP contribution in [0.2, 0.25) is 0 Å². The van der Waals surface area contributed by atoms with Crippen molar-refractivity contribution in [1.82, 2.24) is 4.90 Å². The number of methoxy groups -OCH3 is 1. The third-order valence-electron chi connectivity index (χ3n) is 6.51. The second-order valence-corrected chi connectivity index (χ2v) is 8.24. The summed E-state index contributed by atoms with van der Waals surface area (Å²) in [4.78, 5) is 53.6. The average Bonchev–Trinajstić information content (AvgIpc) is 3.06. The summed E-state index contributed by atoms with van der Waals surface area (Å²) >= 11 is 0. The van der Waals surface area contributed by atoms with Crippen molar-refractivity contribution in [3.8, 4) is 0 Å². The van der Waals surface area contributed by atoms with E-state index < -0.39 is 11.4 Å². The average molecular weight is 434 g/mol. The highest BCUT2D eigenvalue weighted by Crippen LogP contribution is 2.47. The van der Waals surface area contributed by atoms with Gasteiger partial charge in [0.05, 0.1) is 12.5 Å². The summed E-state index contributed by atoms with van der Waals surface area (Å²) in [5.41, 5.74) is 1.51. The number of benzene rings is 2. The molecule has 1 fully saturated rings. The summed E-state index contributed by atoms with van der Waals surface area (Å²) in [6, 6.07) is 16.5. The summed E-state index contributed by atoms with van der Waals surface area (Å²) in [7, 11) is 1.30. The minimum absolute atomic E-state index is 0.0502. The molecule has 0 bridgehead atoms. The number of nitrogens with zero attached hydrogens (tertiary/aromatic N) is 2. The maximum absolute atomic E-state index is 13.4. The first-order valence-corrected chi connectivity index (χ1v) is 10.8. The van der Waals surface area contributed by atoms with Crippen molar-refractivity contribution in [2.24, 2.45) is 0 Å². The first kappa shape index (κ1) is 21.7. The maximum atomic E-state index is 13.4. The van der Waals surface area contributed by atoms with Gasteiger partial charge >= 0.3 is 5.97 Å². The number of piperidine rings is 1. The first-order valence-electron chi connectivity index (χ1n) is 10.8. The summed E-state index contributed by atoms with van der Waals surface area (Å²) in [5.74, 6) is -0.712. The Morgan fingerprint density at radius 2 is 1.59 bits per heavy atom. The van der Waals surface area contributed by atoms with Crippen LogP contribution >= 0.6 is 0 Å². The van der Waals surface area contributed by atoms with Crippen molar-refractivity contribution in [2.45, 2.75) is 31.1 Å². The van der Waals surface area contributed by atoms with Crippen molar-refractivity contribution >= 4 is 29.3 Å². The summed E-state index contributed by atoms with van der Waals surface area (Å²) in [6.07, 6.45) is 1.29. The molecule has 7 heteroatoms. The molecule has 1 saturated heterocycles. The number of hydrogen-bond acceptors (Lipinski definition) is 5. The smallest absolute Gasteiger partial charge is 0.325 e. The minimum atomic E-state index is -0.735. The van der Waals surface area contributed by atoms with Crippen LogP contribution in [0.15, 0.2) is 54.6 Å². The molecule has 7 nitrogen and oxygen atoms in total. The van der Waals surface area contributed by atoms with Crippen molar-refractivity contribution in [3.63, 3.8) is 0 Å². The van der Waals surface area contributed by atoms with E-state index >= 15 is 0 Å². The highest BCUT2D eigenvalue weighted by molar-refractivity contribution is 6.10. The predicted molar refractivity (Wildman–Crippen MR) is 118 cm³/mol. The van der Waals surface area contributed by atoms with Gasteiger partial charge in [-0.25, -0.2) is 0 Å². The Morgan fingerprint density at radius 3 is 2.28 bits per heavy atom. The zero-order chi connectivity index (χ0) is 22.7. The third-order valence-corrected chi connectivity index (χ3v) is 6.51. The van der Waals surface area contributed by atoms with Crippen LogP contribution in [0.5, 0.6) is 0 Å². The Kier molecular flexibility index (Phi) is 6.08. The van der Waals surface area contributed by atoms with Gasteiger partial charge in [-0.3, -0.25) is 19.2 Å². The standard InChI is InChI=1S/C25H26N2O5/c1-32-23(30)17-27-20-10-6-5-9-19(20)25(24(27)31)13-15-26(16-14-25)22(29)12-11-21(28)18-7-3-2-4-8-18/h2-10H,11-17H2,1H3. The van der Waals surface area contributed by atoms with E-state index in [1.807, 2.05) is 30.3 Å². The van der Waals surface area contributed by atoms with Gasteiger partial charge in [0.2, 0.25) is 11.8 Å². The molecule has 0 saturated carbocycles. The van der Waals surface area contributed by atoms with Crippen molar-refractivity contribution in [3.05, 3.63) is 65.7 Å². The van der Waals surface area contributed by atoms with Gasteiger partial charge in [-0.2, -0.15) is 0 Å². The Morgan fingerprint density at radius 1 is 0.938 bits per heavy atom. The van der Waals surface area contributed by atoms with Crippen LogP contribution in [0.4, 0.5) is 5.69 Å². The fraction of sp³-hybridized carbons (Fsp3) is 0.360. The highest BCUT2D eigenvalue weighted by Gasteiger charge is 2.52. The number of esters is 1. The van der Waals surface area contributed by atoms with E-state index in [2.05, 4.69) is 0 Å². The summed E-state index contributed by atoms with van der Waals surface area (Å²) in [6.45, 7) is 0.743. The Labute approximate surface area is 187 Å². The van der Waals surface area contributed by atoms with Gasteiger partial charge in [0, 0.05) is 37.2 Å². The molecule has 0 aromatic heterocycles. The maximum Gasteiger partial charge on any atom is 0.325 e. The van der Waals surface area contributed by atoms with E-state index in [9.17, 15) is 19.2 Å². The SMILES string of the molecule is COC(=O)CN1C(=O)C2(CCN(C(=O)CCC(=O)c3ccccc3)CC2)c2ccccc21. The van der Waals surface area contributed by atoms with Crippen molar-refractivity contribution in [2.75, 3.05) is 31.6 Å². The van der Waals surface area contributed by atoms with E-state index in [4.69, 9.17) is 4.74 Å². The van der Waals surface area contributed by atoms with Gasteiger partial charge in [0.1, 0.15) is 6.54 Å². The molecular formula is C25H26N2O5. The Bertz CT molecular complexity index is 1040. The lowest BCUT2D eigenvalue weighted by Crippen LogP contribution is -2.50. The number of amides is 2. The van der Waals surface area contributed by atoms with E-state index in [1.165, 1.54) is 12.0 Å². The number of Topliss-reactive ketones (excluding diaryl/α,β-unsaturated/α-hetero) is 1. The van der Waals surface area contributed by atoms with Crippen LogP contribution in [-0.4, -0.2) is 55.2 Å². The minimum Gasteiger partial charge on any atom is -0.468 e. The van der Waals surface area contributed by atoms with E-state index in [0.29, 0.717) is 31.5 Å². The highest BCUT2D eigenvalue weighted by atomic mass is 16.5. The number of carbonyl (C=O) groups excluding carboxylic acids is 4. The van der Waals surface area contributed by atoms with Gasteiger partial charge in [0.15, 0.2) is 5.78 Å². The molecule has 2 heterocycles. The second kappa shape index (κ2) is 8.94. The molecule has 0 N–H and O–H groups in total. The molecule has 4 rings (SSSR count). The lowest BCUT2D eigenvalue weighted by Gasteiger charge is -2.38. The van der Waals surface area contributed by atoms with Crippen molar-refractivity contribution < 1.29 is 23.9 Å². The number of carbonyl (C=O) groups is 4. The molecule has 0 unspecified atom stereocenters. The lowest BCUT2D eigenvalue weighted by atomic mass is 9.73. The zero-order valence-corrected chi connectivity index (χ0v) is 18.1. The number of para-hydroxylation sites is 1. The van der Waals surface area contributed by atoms with Crippen molar-refractivity contribution in [1.29, 1.82) is 0 Å². The predicted octanol–water partition coefficient (Wildman–Crippen LogP) is 2.73. The number of ether oxygens (including phenoxy) is 1. The summed E-state index contributed by atoms with van der Waals surface area (Å²) in [5, 5.41) is 0. The third kappa shape index (κ3) is 3.90. The van der Waals surface area contributed by atoms with Gasteiger partial charge in [-0.1, -0.05) is 48.5 Å². The number of hydrogen-bond donors (Lipinski definition) is 0. The number of rotatable bonds is 6. The molecular weight excluding hydrogens is 408 g/mol. The first-order chi connectivity index (χ1) is 15.5. The molecule has 166 valence electrons. The molecule has 2 aromatic carbocycles. The Balaban J connectivity index is 1.42. The monoisotopic (exact) mass is 434 g/mol. The molecule has 2 aliphatic heterocycles. The summed E-state index contributed by atoms with van der Waals surface area (Å²) < 4.78 is 4.76. The number of likely N-dealkylation sites (tertiary alicyclic amines) is 1. The van der Waals surface area contributed by atoms with E-state index in [-0.39, 0.29) is 37.0 Å². The molecule has 0 aliphatic carbocycles. The second-order valence-electron chi connectivity index (χ2n) is 8.24. The van der Waals surface area contributed by atoms with Gasteiger partial charge in [0.25, 0.3) is 0 Å². The van der Waals surface area contributed by atoms with E-state index in [0.717, 1.165) is 11.3 Å². The Hall–Kier alpha value is -3.48. The molecule has 2 aliphatic rings. The molecule has 2 amide bonds. The van der Waals surface area contributed by atoms with E-state index in [1.54, 1.807) is 29.2 Å². The molecule has 32 heavy (non-hydrogen) atoms. The zero-order valence-electron chi connectivity index (χ0n) is 18.1. The normalized spacial score (nSPS) is 16.7. The lowest BCUT2D eigenvalue weighted by molar-refractivity contribution is -0.140. The largest absolute Gasteiger partial charge is 0.468 e. The molecule has 2 aromatic rings. The van der Waals surface area contributed by atoms with Gasteiger partial charge in [-0.15, -0.1) is 0 Å². The van der Waals surface area contributed by atoms with Gasteiger partial charge in [-0.05, 0) is 24.5 Å². The van der Waals surface area contributed by atoms with Crippen LogP contribution in [0.25, 0.3) is 0 Å². The molecule has 0 radical (unpaired) electrons.